The highest BCUT2D eigenvalue weighted by Crippen LogP contribution is 2.26. The fourth-order valence-corrected chi connectivity index (χ4v) is 2.54. The Hall–Kier alpha value is -2.40. The average Bonchev–Trinajstić information content (AvgIpc) is 3.05. The molecule has 5 heteroatoms. The van der Waals surface area contributed by atoms with E-state index in [-0.39, 0.29) is 12.5 Å². The Kier molecular flexibility index (Phi) is 3.83. The first-order valence-corrected chi connectivity index (χ1v) is 7.05. The standard InChI is InChI=1S/C16H17N3O2/c20-8-4-3-7-15-13(9-11-10-17-19-16(11)21)12-5-1-2-6-14(12)18-15/h1-2,5-6,9-10,18,20H,3-4,7-8H2,(H,19,21). The first-order chi connectivity index (χ1) is 10.3. The minimum Gasteiger partial charge on any atom is -0.396 e. The van der Waals surface area contributed by atoms with E-state index in [1.165, 1.54) is 0 Å². The highest BCUT2D eigenvalue weighted by molar-refractivity contribution is 6.19. The molecule has 108 valence electrons. The highest BCUT2D eigenvalue weighted by atomic mass is 16.2. The van der Waals surface area contributed by atoms with Crippen LogP contribution in [0.15, 0.2) is 34.9 Å². The van der Waals surface area contributed by atoms with Crippen LogP contribution in [-0.4, -0.2) is 28.8 Å². The Balaban J connectivity index is 2.03. The SMILES string of the molecule is O=C1NN=CC1=Cc1c(CCCCO)[nH]c2ccccc12. The molecule has 1 aromatic heterocycles. The Morgan fingerprint density at radius 2 is 2.10 bits per heavy atom. The summed E-state index contributed by atoms with van der Waals surface area (Å²) < 4.78 is 0. The number of carbonyl (C=O) groups excluding carboxylic acids is 1. The number of carbonyl (C=O) groups is 1. The molecule has 0 fully saturated rings. The van der Waals surface area contributed by atoms with Gasteiger partial charge >= 0.3 is 0 Å². The van der Waals surface area contributed by atoms with Crippen LogP contribution in [0.5, 0.6) is 0 Å². The minimum absolute atomic E-state index is 0.179. The van der Waals surface area contributed by atoms with E-state index in [1.54, 1.807) is 6.21 Å². The number of unbranched alkanes of at least 4 members (excludes halogenated alkanes) is 1. The van der Waals surface area contributed by atoms with Crippen LogP contribution in [0.4, 0.5) is 0 Å². The number of aromatic amines is 1. The number of aliphatic hydroxyl groups is 1. The number of aryl methyl sites for hydroxylation is 1. The Bertz CT molecular complexity index is 728. The molecule has 21 heavy (non-hydrogen) atoms. The number of nitrogens with zero attached hydrogens (tertiary/aromatic N) is 1. The molecule has 0 aliphatic carbocycles. The number of nitrogens with one attached hydrogen (secondary N) is 2. The average molecular weight is 283 g/mol. The van der Waals surface area contributed by atoms with Crippen LogP contribution in [0.1, 0.15) is 24.1 Å². The molecule has 0 bridgehead atoms. The minimum atomic E-state index is -0.179. The van der Waals surface area contributed by atoms with Crippen LogP contribution in [0, 0.1) is 0 Å². The normalized spacial score (nSPS) is 16.0. The van der Waals surface area contributed by atoms with Crippen molar-refractivity contribution in [2.24, 2.45) is 5.10 Å². The van der Waals surface area contributed by atoms with Gasteiger partial charge in [0.15, 0.2) is 0 Å². The van der Waals surface area contributed by atoms with Gasteiger partial charge in [-0.15, -0.1) is 0 Å². The second kappa shape index (κ2) is 5.93. The number of para-hydroxylation sites is 1. The molecule has 2 heterocycles. The summed E-state index contributed by atoms with van der Waals surface area (Å²) in [5.41, 5.74) is 6.15. The molecule has 0 unspecified atom stereocenters. The molecule has 2 aromatic rings. The van der Waals surface area contributed by atoms with E-state index >= 15 is 0 Å². The van der Waals surface area contributed by atoms with Crippen LogP contribution in [0.25, 0.3) is 17.0 Å². The maximum Gasteiger partial charge on any atom is 0.273 e. The van der Waals surface area contributed by atoms with Gasteiger partial charge in [0.05, 0.1) is 11.8 Å². The van der Waals surface area contributed by atoms with Gasteiger partial charge in [-0.3, -0.25) is 4.79 Å². The third kappa shape index (κ3) is 2.73. The Labute approximate surface area is 122 Å². The molecule has 3 rings (SSSR count). The zero-order chi connectivity index (χ0) is 14.7. The summed E-state index contributed by atoms with van der Waals surface area (Å²) in [6.07, 6.45) is 5.93. The lowest BCUT2D eigenvalue weighted by Crippen LogP contribution is -2.11. The predicted octanol–water partition coefficient (Wildman–Crippen LogP) is 1.98. The van der Waals surface area contributed by atoms with E-state index in [9.17, 15) is 4.79 Å². The second-order valence-corrected chi connectivity index (χ2v) is 5.04. The highest BCUT2D eigenvalue weighted by Gasteiger charge is 2.15. The molecule has 0 saturated carbocycles. The number of hydrogen-bond donors (Lipinski definition) is 3. The van der Waals surface area contributed by atoms with Crippen molar-refractivity contribution in [2.75, 3.05) is 6.61 Å². The van der Waals surface area contributed by atoms with E-state index in [1.807, 2.05) is 30.3 Å². The molecule has 0 saturated heterocycles. The maximum atomic E-state index is 11.7. The molecular weight excluding hydrogens is 266 g/mol. The molecule has 0 radical (unpaired) electrons. The molecule has 1 aliphatic rings. The van der Waals surface area contributed by atoms with Gasteiger partial charge < -0.3 is 10.1 Å². The number of aliphatic hydroxyl groups excluding tert-OH is 1. The number of fused-ring (bicyclic) bond motifs is 1. The number of hydrogen-bond acceptors (Lipinski definition) is 3. The lowest BCUT2D eigenvalue weighted by Gasteiger charge is -2.01. The monoisotopic (exact) mass is 283 g/mol. The van der Waals surface area contributed by atoms with Crippen LogP contribution in [0.3, 0.4) is 0 Å². The number of amides is 1. The van der Waals surface area contributed by atoms with Crippen molar-refractivity contribution in [3.8, 4) is 0 Å². The number of H-pyrrole nitrogens is 1. The fraction of sp³-hybridized carbons (Fsp3) is 0.250. The summed E-state index contributed by atoms with van der Waals surface area (Å²) in [5, 5.41) is 13.8. The zero-order valence-electron chi connectivity index (χ0n) is 11.6. The summed E-state index contributed by atoms with van der Waals surface area (Å²) >= 11 is 0. The number of aromatic nitrogens is 1. The fourth-order valence-electron chi connectivity index (χ4n) is 2.54. The lowest BCUT2D eigenvalue weighted by atomic mass is 10.0. The largest absolute Gasteiger partial charge is 0.396 e. The number of hydrazone groups is 1. The molecule has 5 nitrogen and oxygen atoms in total. The van der Waals surface area contributed by atoms with Gasteiger partial charge in [-0.25, -0.2) is 5.43 Å². The van der Waals surface area contributed by atoms with Crippen LogP contribution in [0.2, 0.25) is 0 Å². The molecule has 0 spiro atoms. The molecular formula is C16H17N3O2. The van der Waals surface area contributed by atoms with Crippen molar-refractivity contribution in [3.63, 3.8) is 0 Å². The molecule has 3 N–H and O–H groups in total. The van der Waals surface area contributed by atoms with Gasteiger partial charge in [-0.05, 0) is 31.4 Å². The third-order valence-corrected chi connectivity index (χ3v) is 3.59. The Morgan fingerprint density at radius 1 is 1.24 bits per heavy atom. The van der Waals surface area contributed by atoms with Crippen molar-refractivity contribution in [1.29, 1.82) is 0 Å². The van der Waals surface area contributed by atoms with Crippen LogP contribution < -0.4 is 5.43 Å². The van der Waals surface area contributed by atoms with Crippen molar-refractivity contribution >= 4 is 29.1 Å². The van der Waals surface area contributed by atoms with E-state index in [0.29, 0.717) is 5.57 Å². The first-order valence-electron chi connectivity index (χ1n) is 7.05. The summed E-state index contributed by atoms with van der Waals surface area (Å²) in [7, 11) is 0. The smallest absolute Gasteiger partial charge is 0.273 e. The summed E-state index contributed by atoms with van der Waals surface area (Å²) in [6, 6.07) is 8.03. The Morgan fingerprint density at radius 3 is 2.86 bits per heavy atom. The summed E-state index contributed by atoms with van der Waals surface area (Å²) in [6.45, 7) is 0.200. The van der Waals surface area contributed by atoms with E-state index in [2.05, 4.69) is 15.5 Å². The quantitative estimate of drug-likeness (QED) is 0.579. The molecule has 0 atom stereocenters. The second-order valence-electron chi connectivity index (χ2n) is 5.04. The van der Waals surface area contributed by atoms with E-state index in [0.717, 1.165) is 41.4 Å². The first kappa shape index (κ1) is 13.6. The van der Waals surface area contributed by atoms with Crippen molar-refractivity contribution in [1.82, 2.24) is 10.4 Å². The van der Waals surface area contributed by atoms with Crippen molar-refractivity contribution in [2.45, 2.75) is 19.3 Å². The summed E-state index contributed by atoms with van der Waals surface area (Å²) in [4.78, 5) is 15.1. The molecule has 1 aliphatic heterocycles. The zero-order valence-corrected chi connectivity index (χ0v) is 11.6. The molecule has 1 amide bonds. The van der Waals surface area contributed by atoms with Gasteiger partial charge in [-0.1, -0.05) is 18.2 Å². The van der Waals surface area contributed by atoms with Crippen molar-refractivity contribution in [3.05, 3.63) is 41.1 Å². The maximum absolute atomic E-state index is 11.7. The van der Waals surface area contributed by atoms with Crippen molar-refractivity contribution < 1.29 is 9.90 Å². The van der Waals surface area contributed by atoms with E-state index < -0.39 is 0 Å². The third-order valence-electron chi connectivity index (χ3n) is 3.59. The van der Waals surface area contributed by atoms with Gasteiger partial charge in [0, 0.05) is 28.8 Å². The number of benzene rings is 1. The summed E-state index contributed by atoms with van der Waals surface area (Å²) in [5.74, 6) is -0.179. The molecule has 1 aromatic carbocycles. The topological polar surface area (TPSA) is 77.5 Å². The van der Waals surface area contributed by atoms with Gasteiger partial charge in [0.25, 0.3) is 5.91 Å². The lowest BCUT2D eigenvalue weighted by molar-refractivity contribution is -0.116. The van der Waals surface area contributed by atoms with Gasteiger partial charge in [0.1, 0.15) is 0 Å². The van der Waals surface area contributed by atoms with Crippen LogP contribution >= 0.6 is 0 Å². The van der Waals surface area contributed by atoms with Crippen LogP contribution in [-0.2, 0) is 11.2 Å². The van der Waals surface area contributed by atoms with Gasteiger partial charge in [0.2, 0.25) is 0 Å². The van der Waals surface area contributed by atoms with E-state index in [4.69, 9.17) is 5.11 Å². The van der Waals surface area contributed by atoms with Gasteiger partial charge in [-0.2, -0.15) is 5.10 Å². The number of rotatable bonds is 5. The predicted molar refractivity (Wildman–Crippen MR) is 82.9 cm³/mol.